The number of hydrogen-bond donors (Lipinski definition) is 0. The molecular formula is C20H17N3O7S. The third-order valence-corrected chi connectivity index (χ3v) is 5.38. The molecule has 0 unspecified atom stereocenters. The Morgan fingerprint density at radius 1 is 1.10 bits per heavy atom. The third-order valence-electron chi connectivity index (χ3n) is 4.34. The lowest BCUT2D eigenvalue weighted by molar-refractivity contribution is -0.384. The van der Waals surface area contributed by atoms with Gasteiger partial charge in [-0.3, -0.25) is 19.7 Å². The second-order valence-electron chi connectivity index (χ2n) is 6.33. The lowest BCUT2D eigenvalue weighted by Gasteiger charge is -2.04. The first-order valence-corrected chi connectivity index (χ1v) is 9.73. The summed E-state index contributed by atoms with van der Waals surface area (Å²) in [7, 11) is 2.53. The molecule has 10 nitrogen and oxygen atoms in total. The van der Waals surface area contributed by atoms with Gasteiger partial charge in [0, 0.05) is 12.1 Å². The van der Waals surface area contributed by atoms with Crippen molar-refractivity contribution < 1.29 is 28.8 Å². The average Bonchev–Trinajstić information content (AvgIpc) is 3.09. The highest BCUT2D eigenvalue weighted by Gasteiger charge is 2.15. The van der Waals surface area contributed by atoms with Crippen LogP contribution in [0, 0.1) is 10.1 Å². The van der Waals surface area contributed by atoms with Crippen molar-refractivity contribution in [3.8, 4) is 0 Å². The zero-order valence-electron chi connectivity index (χ0n) is 16.6. The van der Waals surface area contributed by atoms with E-state index in [2.05, 4.69) is 4.99 Å². The molecule has 0 aliphatic heterocycles. The molecule has 31 heavy (non-hydrogen) atoms. The maximum absolute atomic E-state index is 12.5. The smallest absolute Gasteiger partial charge is 0.337 e. The maximum Gasteiger partial charge on any atom is 0.337 e. The predicted molar refractivity (Wildman–Crippen MR) is 111 cm³/mol. The van der Waals surface area contributed by atoms with E-state index in [1.165, 1.54) is 43.1 Å². The van der Waals surface area contributed by atoms with Crippen LogP contribution in [-0.2, 0) is 32.0 Å². The summed E-state index contributed by atoms with van der Waals surface area (Å²) >= 11 is 1.13. The first kappa shape index (κ1) is 21.8. The fourth-order valence-electron chi connectivity index (χ4n) is 2.81. The van der Waals surface area contributed by atoms with Crippen LogP contribution in [0.25, 0.3) is 10.2 Å². The molecule has 160 valence electrons. The number of nitrogens with zero attached hydrogens (tertiary/aromatic N) is 3. The highest BCUT2D eigenvalue weighted by Crippen LogP contribution is 2.20. The zero-order chi connectivity index (χ0) is 22.5. The normalized spacial score (nSPS) is 11.4. The fraction of sp³-hybridized carbons (Fsp3) is 0.200. The Hall–Kier alpha value is -3.86. The predicted octanol–water partition coefficient (Wildman–Crippen LogP) is 2.24. The molecule has 0 atom stereocenters. The van der Waals surface area contributed by atoms with Crippen LogP contribution in [-0.4, -0.2) is 41.6 Å². The van der Waals surface area contributed by atoms with Gasteiger partial charge in [-0.1, -0.05) is 23.5 Å². The Balaban J connectivity index is 1.99. The Morgan fingerprint density at radius 2 is 1.81 bits per heavy atom. The second kappa shape index (κ2) is 9.30. The molecule has 3 aromatic rings. The van der Waals surface area contributed by atoms with Gasteiger partial charge in [-0.05, 0) is 23.8 Å². The molecule has 0 fully saturated rings. The van der Waals surface area contributed by atoms with E-state index in [4.69, 9.17) is 9.47 Å². The molecule has 0 aliphatic carbocycles. The number of benzene rings is 2. The molecule has 2 aromatic carbocycles. The lowest BCUT2D eigenvalue weighted by atomic mass is 10.1. The molecule has 1 amide bonds. The molecule has 0 bridgehead atoms. The zero-order valence-corrected chi connectivity index (χ0v) is 17.4. The SMILES string of the molecule is COC(=O)Cn1c(=NC(=O)Cc2ccc([N+](=O)[O-])cc2)sc2cc(C(=O)OC)ccc21. The van der Waals surface area contributed by atoms with Crippen molar-refractivity contribution in [3.63, 3.8) is 0 Å². The van der Waals surface area contributed by atoms with Crippen LogP contribution in [0.15, 0.2) is 47.5 Å². The van der Waals surface area contributed by atoms with Crippen molar-refractivity contribution in [2.24, 2.45) is 4.99 Å². The number of amides is 1. The van der Waals surface area contributed by atoms with Crippen LogP contribution in [0.5, 0.6) is 0 Å². The quantitative estimate of drug-likeness (QED) is 0.324. The van der Waals surface area contributed by atoms with Gasteiger partial charge in [0.05, 0.1) is 41.3 Å². The number of rotatable bonds is 6. The van der Waals surface area contributed by atoms with Crippen molar-refractivity contribution in [1.82, 2.24) is 4.57 Å². The number of esters is 2. The van der Waals surface area contributed by atoms with Crippen molar-refractivity contribution in [2.45, 2.75) is 13.0 Å². The largest absolute Gasteiger partial charge is 0.468 e. The number of methoxy groups -OCH3 is 2. The highest BCUT2D eigenvalue weighted by atomic mass is 32.1. The first-order valence-electron chi connectivity index (χ1n) is 8.91. The number of hydrogen-bond acceptors (Lipinski definition) is 8. The molecule has 11 heteroatoms. The molecule has 0 N–H and O–H groups in total. The minimum atomic E-state index is -0.527. The summed E-state index contributed by atoms with van der Waals surface area (Å²) in [5, 5.41) is 10.7. The third kappa shape index (κ3) is 5.01. The number of non-ortho nitro benzene ring substituents is 1. The monoisotopic (exact) mass is 443 g/mol. The van der Waals surface area contributed by atoms with E-state index in [-0.39, 0.29) is 23.5 Å². The summed E-state index contributed by atoms with van der Waals surface area (Å²) in [6.45, 7) is -0.169. The summed E-state index contributed by atoms with van der Waals surface area (Å²) in [6, 6.07) is 10.4. The minimum Gasteiger partial charge on any atom is -0.468 e. The number of fused-ring (bicyclic) bond motifs is 1. The Bertz CT molecular complexity index is 1240. The van der Waals surface area contributed by atoms with E-state index < -0.39 is 22.8 Å². The van der Waals surface area contributed by atoms with E-state index in [1.54, 1.807) is 18.2 Å². The molecule has 0 saturated carbocycles. The van der Waals surface area contributed by atoms with Gasteiger partial charge in [0.15, 0.2) is 4.80 Å². The molecule has 0 radical (unpaired) electrons. The minimum absolute atomic E-state index is 0.0716. The van der Waals surface area contributed by atoms with Gasteiger partial charge in [-0.25, -0.2) is 4.79 Å². The first-order chi connectivity index (χ1) is 14.8. The van der Waals surface area contributed by atoms with Crippen LogP contribution in [0.2, 0.25) is 0 Å². The molecule has 1 heterocycles. The van der Waals surface area contributed by atoms with Crippen molar-refractivity contribution in [1.29, 1.82) is 0 Å². The van der Waals surface area contributed by atoms with Gasteiger partial charge in [-0.2, -0.15) is 4.99 Å². The van der Waals surface area contributed by atoms with Gasteiger partial charge in [-0.15, -0.1) is 0 Å². The van der Waals surface area contributed by atoms with Crippen molar-refractivity contribution in [3.05, 3.63) is 68.5 Å². The van der Waals surface area contributed by atoms with Gasteiger partial charge >= 0.3 is 11.9 Å². The van der Waals surface area contributed by atoms with Gasteiger partial charge in [0.25, 0.3) is 11.6 Å². The number of ether oxygens (including phenoxy) is 2. The number of carbonyl (C=O) groups is 3. The molecule has 0 saturated heterocycles. The van der Waals surface area contributed by atoms with E-state index in [0.717, 1.165) is 11.3 Å². The van der Waals surface area contributed by atoms with Crippen molar-refractivity contribution in [2.75, 3.05) is 14.2 Å². The Labute approximate surface area is 179 Å². The summed E-state index contributed by atoms with van der Waals surface area (Å²) in [4.78, 5) is 50.8. The maximum atomic E-state index is 12.5. The number of nitro groups is 1. The standard InChI is InChI=1S/C20H17N3O7S/c1-29-18(25)11-22-15-8-5-13(19(26)30-2)10-16(15)31-20(22)21-17(24)9-12-3-6-14(7-4-12)23(27)28/h3-8,10H,9,11H2,1-2H3. The number of nitro benzene ring substituents is 1. The topological polar surface area (TPSA) is 130 Å². The lowest BCUT2D eigenvalue weighted by Crippen LogP contribution is -2.22. The summed E-state index contributed by atoms with van der Waals surface area (Å²) < 4.78 is 11.6. The Kier molecular flexibility index (Phi) is 6.55. The highest BCUT2D eigenvalue weighted by molar-refractivity contribution is 7.16. The second-order valence-corrected chi connectivity index (χ2v) is 7.34. The van der Waals surface area contributed by atoms with Gasteiger partial charge in [0.1, 0.15) is 6.54 Å². The van der Waals surface area contributed by atoms with Crippen LogP contribution in [0.1, 0.15) is 15.9 Å². The molecule has 0 aliphatic rings. The summed E-state index contributed by atoms with van der Waals surface area (Å²) in [5.74, 6) is -1.53. The van der Waals surface area contributed by atoms with Crippen LogP contribution in [0.3, 0.4) is 0 Å². The average molecular weight is 443 g/mol. The summed E-state index contributed by atoms with van der Waals surface area (Å²) in [6.07, 6.45) is -0.0716. The van der Waals surface area contributed by atoms with E-state index in [1.807, 2.05) is 0 Å². The van der Waals surface area contributed by atoms with E-state index in [9.17, 15) is 24.5 Å². The molecule has 0 spiro atoms. The number of carbonyl (C=O) groups excluding carboxylic acids is 3. The van der Waals surface area contributed by atoms with Crippen LogP contribution < -0.4 is 4.80 Å². The van der Waals surface area contributed by atoms with Gasteiger partial charge < -0.3 is 14.0 Å². The van der Waals surface area contributed by atoms with Gasteiger partial charge in [0.2, 0.25) is 0 Å². The van der Waals surface area contributed by atoms with E-state index >= 15 is 0 Å². The van der Waals surface area contributed by atoms with Crippen LogP contribution >= 0.6 is 11.3 Å². The van der Waals surface area contributed by atoms with Crippen LogP contribution in [0.4, 0.5) is 5.69 Å². The molecular weight excluding hydrogens is 426 g/mol. The van der Waals surface area contributed by atoms with Crippen molar-refractivity contribution >= 4 is 45.1 Å². The Morgan fingerprint density at radius 3 is 2.42 bits per heavy atom. The fourth-order valence-corrected chi connectivity index (χ4v) is 3.89. The van der Waals surface area contributed by atoms with E-state index in [0.29, 0.717) is 21.3 Å². The number of aromatic nitrogens is 1. The molecule has 3 rings (SSSR count). The number of thiazole rings is 1. The summed E-state index contributed by atoms with van der Waals surface area (Å²) in [5.41, 5.74) is 1.41. The molecule has 1 aromatic heterocycles.